The molecule has 10 heteroatoms. The summed E-state index contributed by atoms with van der Waals surface area (Å²) in [6.07, 6.45) is 4.56. The van der Waals surface area contributed by atoms with Crippen molar-refractivity contribution in [1.82, 2.24) is 4.57 Å². The molecule has 1 aromatic heterocycles. The molecule has 3 aromatic rings. The molecule has 1 amide bonds. The van der Waals surface area contributed by atoms with E-state index in [1.54, 1.807) is 29.0 Å². The van der Waals surface area contributed by atoms with Crippen molar-refractivity contribution in [1.29, 1.82) is 0 Å². The van der Waals surface area contributed by atoms with Crippen LogP contribution in [0.1, 0.15) is 41.3 Å². The Balaban J connectivity index is 1.54. The molecule has 0 saturated carbocycles. The van der Waals surface area contributed by atoms with Gasteiger partial charge in [-0.1, -0.05) is 42.6 Å². The zero-order valence-electron chi connectivity index (χ0n) is 18.9. The second-order valence-electron chi connectivity index (χ2n) is 8.17. The van der Waals surface area contributed by atoms with Gasteiger partial charge in [-0.2, -0.15) is 0 Å². The van der Waals surface area contributed by atoms with E-state index in [1.165, 1.54) is 6.26 Å². The van der Waals surface area contributed by atoms with E-state index in [-0.39, 0.29) is 24.0 Å². The number of benzene rings is 2. The lowest BCUT2D eigenvalue weighted by Crippen LogP contribution is -2.30. The molecular weight excluding hydrogens is 559 g/mol. The number of hydrogen-bond acceptors (Lipinski definition) is 5. The number of carbonyl (C=O) groups excluding carboxylic acids is 2. The molecule has 35 heavy (non-hydrogen) atoms. The first-order chi connectivity index (χ1) is 16.9. The summed E-state index contributed by atoms with van der Waals surface area (Å²) in [6.45, 7) is 2.91. The Morgan fingerprint density at radius 1 is 1.23 bits per heavy atom. The molecule has 0 fully saturated rings. The normalized spacial score (nSPS) is 15.6. The van der Waals surface area contributed by atoms with Crippen molar-refractivity contribution in [2.24, 2.45) is 10.9 Å². The van der Waals surface area contributed by atoms with E-state index in [0.717, 1.165) is 24.0 Å². The van der Waals surface area contributed by atoms with Crippen molar-refractivity contribution in [3.8, 4) is 5.75 Å². The number of halogens is 3. The van der Waals surface area contributed by atoms with Crippen LogP contribution in [0.25, 0.3) is 0 Å². The molecule has 0 unspecified atom stereocenters. The Bertz CT molecular complexity index is 1320. The van der Waals surface area contributed by atoms with E-state index >= 15 is 0 Å². The quantitative estimate of drug-likeness (QED) is 0.299. The standard InChI is InChI=1S/C25H23BrCl2N2O5/c1-2-3-7-34-25(32)29-24-30(6-8-33-24)13-16-10-18-22(31)17(14-35-23(18)19(26)11-16)9-15-4-5-20(27)21(28)12-15/h4-6,8,10-12,17H,2-3,7,9,13-14H2,1H3/b29-24+/t17-/m0/s1. The molecule has 184 valence electrons. The third kappa shape index (κ3) is 6.18. The van der Waals surface area contributed by atoms with Crippen LogP contribution in [0.15, 0.2) is 56.7 Å². The summed E-state index contributed by atoms with van der Waals surface area (Å²) < 4.78 is 18.7. The van der Waals surface area contributed by atoms with Crippen LogP contribution in [0, 0.1) is 5.92 Å². The number of rotatable bonds is 7. The zero-order chi connectivity index (χ0) is 24.9. The number of hydrogen-bond donors (Lipinski definition) is 0. The van der Waals surface area contributed by atoms with Gasteiger partial charge in [0, 0.05) is 6.20 Å². The molecular formula is C25H23BrCl2N2O5. The Hall–Kier alpha value is -2.55. The number of unbranched alkanes of at least 4 members (excludes halogenated alkanes) is 1. The number of fused-ring (bicyclic) bond motifs is 1. The minimum atomic E-state index is -0.706. The van der Waals surface area contributed by atoms with Gasteiger partial charge >= 0.3 is 11.8 Å². The first-order valence-electron chi connectivity index (χ1n) is 11.1. The molecule has 4 rings (SSSR count). The highest BCUT2D eigenvalue weighted by Gasteiger charge is 2.31. The molecule has 2 aromatic carbocycles. The number of oxazole rings is 1. The van der Waals surface area contributed by atoms with Crippen LogP contribution >= 0.6 is 39.1 Å². The van der Waals surface area contributed by atoms with E-state index in [2.05, 4.69) is 20.9 Å². The fourth-order valence-corrected chi connectivity index (χ4v) is 4.71. The van der Waals surface area contributed by atoms with Crippen LogP contribution in [0.5, 0.6) is 5.75 Å². The van der Waals surface area contributed by atoms with Crippen LogP contribution in [-0.4, -0.2) is 29.7 Å². The van der Waals surface area contributed by atoms with E-state index < -0.39 is 6.09 Å². The molecule has 1 aliphatic rings. The number of ketones is 1. The lowest BCUT2D eigenvalue weighted by atomic mass is 9.89. The molecule has 0 aliphatic carbocycles. The van der Waals surface area contributed by atoms with E-state index in [4.69, 9.17) is 37.1 Å². The Labute approximate surface area is 220 Å². The summed E-state index contributed by atoms with van der Waals surface area (Å²) in [5, 5.41) is 0.920. The van der Waals surface area contributed by atoms with Crippen molar-refractivity contribution in [2.75, 3.05) is 13.2 Å². The molecule has 0 radical (unpaired) electrons. The number of nitrogens with zero attached hydrogens (tertiary/aromatic N) is 2. The maximum Gasteiger partial charge on any atom is 0.438 e. The number of amides is 1. The van der Waals surface area contributed by atoms with Crippen LogP contribution in [0.4, 0.5) is 4.79 Å². The molecule has 0 spiro atoms. The molecule has 0 bridgehead atoms. The van der Waals surface area contributed by atoms with E-state index in [1.807, 2.05) is 19.1 Å². The molecule has 1 aliphatic heterocycles. The molecule has 7 nitrogen and oxygen atoms in total. The summed E-state index contributed by atoms with van der Waals surface area (Å²) in [5.74, 6) is 0.152. The largest absolute Gasteiger partial charge is 0.491 e. The zero-order valence-corrected chi connectivity index (χ0v) is 22.0. The summed E-state index contributed by atoms with van der Waals surface area (Å²) in [4.78, 5) is 29.2. The predicted molar refractivity (Wildman–Crippen MR) is 135 cm³/mol. The molecule has 2 heterocycles. The minimum absolute atomic E-state index is 0.0125. The SMILES string of the molecule is CCCCOC(=O)/N=c1/occn1Cc1cc(Br)c2c(c1)C(=O)[C@@H](Cc1ccc(Cl)c(Cl)c1)CO2. The molecule has 1 atom stereocenters. The number of ether oxygens (including phenoxy) is 2. The lowest BCUT2D eigenvalue weighted by molar-refractivity contribution is 0.0829. The smallest absolute Gasteiger partial charge is 0.438 e. The van der Waals surface area contributed by atoms with Crippen molar-refractivity contribution in [3.05, 3.63) is 79.7 Å². The average molecular weight is 582 g/mol. The summed E-state index contributed by atoms with van der Waals surface area (Å²) >= 11 is 15.7. The van der Waals surface area contributed by atoms with Crippen molar-refractivity contribution in [2.45, 2.75) is 32.7 Å². The topological polar surface area (TPSA) is 83.0 Å². The lowest BCUT2D eigenvalue weighted by Gasteiger charge is -2.26. The van der Waals surface area contributed by atoms with Gasteiger partial charge in [-0.15, -0.1) is 4.99 Å². The highest BCUT2D eigenvalue weighted by Crippen LogP contribution is 2.37. The highest BCUT2D eigenvalue weighted by atomic mass is 79.9. The monoisotopic (exact) mass is 580 g/mol. The van der Waals surface area contributed by atoms with Crippen LogP contribution in [-0.2, 0) is 17.7 Å². The Morgan fingerprint density at radius 3 is 2.83 bits per heavy atom. The first-order valence-corrected chi connectivity index (χ1v) is 12.7. The maximum atomic E-state index is 13.4. The summed E-state index contributed by atoms with van der Waals surface area (Å²) in [5.41, 5.74) is 2.32. The fraction of sp³-hybridized carbons (Fsp3) is 0.320. The van der Waals surface area contributed by atoms with Crippen LogP contribution in [0.2, 0.25) is 10.0 Å². The molecule has 0 N–H and O–H groups in total. The number of carbonyl (C=O) groups is 2. The van der Waals surface area contributed by atoms with Gasteiger partial charge in [-0.05, 0) is 64.2 Å². The van der Waals surface area contributed by atoms with Gasteiger partial charge in [0.05, 0.1) is 45.8 Å². The van der Waals surface area contributed by atoms with Gasteiger partial charge in [-0.3, -0.25) is 9.36 Å². The second kappa shape index (κ2) is 11.5. The first kappa shape index (κ1) is 25.5. The summed E-state index contributed by atoms with van der Waals surface area (Å²) in [6, 6.07) is 9.02. The van der Waals surface area contributed by atoms with Gasteiger partial charge < -0.3 is 13.9 Å². The van der Waals surface area contributed by atoms with Crippen LogP contribution in [0.3, 0.4) is 0 Å². The third-order valence-electron chi connectivity index (χ3n) is 5.56. The number of aromatic nitrogens is 1. The maximum absolute atomic E-state index is 13.4. The van der Waals surface area contributed by atoms with E-state index in [9.17, 15) is 9.59 Å². The Morgan fingerprint density at radius 2 is 2.06 bits per heavy atom. The van der Waals surface area contributed by atoms with Crippen LogP contribution < -0.4 is 10.4 Å². The Kier molecular flexibility index (Phi) is 8.36. The van der Waals surface area contributed by atoms with Gasteiger partial charge in [0.2, 0.25) is 0 Å². The van der Waals surface area contributed by atoms with E-state index in [0.29, 0.717) is 45.4 Å². The molecule has 0 saturated heterocycles. The van der Waals surface area contributed by atoms with Crippen molar-refractivity contribution in [3.63, 3.8) is 0 Å². The van der Waals surface area contributed by atoms with Gasteiger partial charge in [0.1, 0.15) is 12.0 Å². The summed E-state index contributed by atoms with van der Waals surface area (Å²) in [7, 11) is 0. The van der Waals surface area contributed by atoms with Gasteiger partial charge in [0.15, 0.2) is 5.78 Å². The number of Topliss-reactive ketones (excluding diaryl/α,β-unsaturated/α-hetero) is 1. The van der Waals surface area contributed by atoms with Crippen molar-refractivity contribution >= 4 is 51.0 Å². The average Bonchev–Trinajstić information content (AvgIpc) is 3.25. The van der Waals surface area contributed by atoms with Gasteiger partial charge in [0.25, 0.3) is 0 Å². The predicted octanol–water partition coefficient (Wildman–Crippen LogP) is 6.47. The third-order valence-corrected chi connectivity index (χ3v) is 6.89. The van der Waals surface area contributed by atoms with Gasteiger partial charge in [-0.25, -0.2) is 4.79 Å². The van der Waals surface area contributed by atoms with Crippen molar-refractivity contribution < 1.29 is 23.5 Å². The second-order valence-corrected chi connectivity index (χ2v) is 9.84. The highest BCUT2D eigenvalue weighted by molar-refractivity contribution is 9.10. The minimum Gasteiger partial charge on any atom is -0.491 e. The fourth-order valence-electron chi connectivity index (χ4n) is 3.77.